The zero-order valence-electron chi connectivity index (χ0n) is 17.6. The normalized spacial score (nSPS) is 27.1. The van der Waals surface area contributed by atoms with Crippen molar-refractivity contribution in [3.8, 4) is 0 Å². The minimum atomic E-state index is -0.766. The van der Waals surface area contributed by atoms with Gasteiger partial charge in [-0.1, -0.05) is 30.3 Å². The van der Waals surface area contributed by atoms with Gasteiger partial charge in [-0.3, -0.25) is 0 Å². The third-order valence-corrected chi connectivity index (χ3v) is 6.11. The Bertz CT molecular complexity index is 769. The summed E-state index contributed by atoms with van der Waals surface area (Å²) >= 11 is 7.74. The van der Waals surface area contributed by atoms with Crippen molar-refractivity contribution in [1.82, 2.24) is 9.97 Å². The fourth-order valence-electron chi connectivity index (χ4n) is 3.58. The van der Waals surface area contributed by atoms with Crippen LogP contribution in [0.2, 0.25) is 5.15 Å². The van der Waals surface area contributed by atoms with Crippen molar-refractivity contribution in [1.29, 1.82) is 0 Å². The van der Waals surface area contributed by atoms with Gasteiger partial charge in [-0.15, -0.1) is 0 Å². The molecule has 11 heteroatoms. The van der Waals surface area contributed by atoms with Crippen LogP contribution in [0, 0.1) is 0 Å². The van der Waals surface area contributed by atoms with Gasteiger partial charge in [-0.25, -0.2) is 14.8 Å². The minimum Gasteiger partial charge on any atom is -0.464 e. The van der Waals surface area contributed by atoms with Gasteiger partial charge in [-0.05, 0) is 33.6 Å². The highest BCUT2D eigenvalue weighted by atomic mass is 35.5. The van der Waals surface area contributed by atoms with Crippen LogP contribution in [0.15, 0.2) is 5.16 Å². The summed E-state index contributed by atoms with van der Waals surface area (Å²) in [5.41, 5.74) is 6.40. The van der Waals surface area contributed by atoms with E-state index in [9.17, 15) is 4.79 Å². The van der Waals surface area contributed by atoms with Crippen LogP contribution in [0.25, 0.3) is 0 Å². The molecule has 0 aromatic carbocycles. The van der Waals surface area contributed by atoms with Crippen LogP contribution in [0.1, 0.15) is 40.5 Å². The van der Waals surface area contributed by atoms with Crippen LogP contribution >= 0.6 is 23.4 Å². The fourth-order valence-corrected chi connectivity index (χ4v) is 4.50. The predicted molar refractivity (Wildman–Crippen MR) is 115 cm³/mol. The Hall–Kier alpha value is -1.33. The zero-order chi connectivity index (χ0) is 21.9. The number of esters is 1. The molecule has 0 radical (unpaired) electrons. The molecule has 30 heavy (non-hydrogen) atoms. The Labute approximate surface area is 185 Å². The number of hydrogen-bond donors (Lipinski definition) is 2. The molecule has 0 bridgehead atoms. The van der Waals surface area contributed by atoms with Crippen LogP contribution < -0.4 is 11.1 Å². The molecule has 1 aromatic rings. The number of hydrogen-bond acceptors (Lipinski definition) is 10. The molecule has 1 aliphatic carbocycles. The van der Waals surface area contributed by atoms with Crippen molar-refractivity contribution in [3.05, 3.63) is 5.15 Å². The molecule has 4 atom stereocenters. The summed E-state index contributed by atoms with van der Waals surface area (Å²) in [4.78, 5) is 20.5. The molecule has 9 nitrogen and oxygen atoms in total. The van der Waals surface area contributed by atoms with Crippen LogP contribution in [-0.2, 0) is 23.7 Å². The molecule has 2 heterocycles. The summed E-state index contributed by atoms with van der Waals surface area (Å²) in [6.45, 7) is 7.70. The third-order valence-electron chi connectivity index (χ3n) is 4.77. The number of thioether (sulfide) groups is 1. The molecular formula is C19H29ClN4O5S. The van der Waals surface area contributed by atoms with Crippen LogP contribution in [0.4, 0.5) is 11.5 Å². The standard InChI is InChI=1S/C19H29ClN4O5S/c1-5-7-30-18-23-16(20)13(21)17(24-18)22-10-8-11(27-9-12(25)26-6-2)15-14(10)28-19(3,4)29-15/h10-11,14-15H,5-9,21H2,1-4H3,(H,22,23,24)/t10?,11?,14-,15+/m0/s1. The Morgan fingerprint density at radius 3 is 2.77 bits per heavy atom. The number of aromatic nitrogens is 2. The maximum absolute atomic E-state index is 11.7. The lowest BCUT2D eigenvalue weighted by molar-refractivity contribution is -0.171. The van der Waals surface area contributed by atoms with Crippen molar-refractivity contribution >= 4 is 40.8 Å². The molecule has 2 aliphatic rings. The highest BCUT2D eigenvalue weighted by Crippen LogP contribution is 2.41. The summed E-state index contributed by atoms with van der Waals surface area (Å²) in [5, 5.41) is 4.11. The topological polar surface area (TPSA) is 118 Å². The van der Waals surface area contributed by atoms with Crippen molar-refractivity contribution in [3.63, 3.8) is 0 Å². The van der Waals surface area contributed by atoms with Gasteiger partial charge in [0.15, 0.2) is 21.9 Å². The van der Waals surface area contributed by atoms with Gasteiger partial charge in [-0.2, -0.15) is 0 Å². The van der Waals surface area contributed by atoms with Crippen molar-refractivity contribution < 1.29 is 23.7 Å². The highest BCUT2D eigenvalue weighted by molar-refractivity contribution is 7.99. The van der Waals surface area contributed by atoms with E-state index in [1.807, 2.05) is 13.8 Å². The summed E-state index contributed by atoms with van der Waals surface area (Å²) in [5.74, 6) is 0.158. The second-order valence-corrected chi connectivity index (χ2v) is 9.03. The molecule has 0 amide bonds. The zero-order valence-corrected chi connectivity index (χ0v) is 19.2. The van der Waals surface area contributed by atoms with E-state index >= 15 is 0 Å². The van der Waals surface area contributed by atoms with E-state index in [2.05, 4.69) is 22.2 Å². The van der Waals surface area contributed by atoms with Gasteiger partial charge in [0.05, 0.1) is 18.8 Å². The molecule has 0 spiro atoms. The fraction of sp³-hybridized carbons (Fsp3) is 0.737. The average Bonchev–Trinajstić information content (AvgIpc) is 3.16. The molecule has 1 aromatic heterocycles. The number of rotatable bonds is 9. The Kier molecular flexibility index (Phi) is 7.67. The number of fused-ring (bicyclic) bond motifs is 1. The van der Waals surface area contributed by atoms with Crippen molar-refractivity contribution in [2.45, 2.75) is 75.8 Å². The molecular weight excluding hydrogens is 432 g/mol. The van der Waals surface area contributed by atoms with Crippen molar-refractivity contribution in [2.75, 3.05) is 30.0 Å². The molecule has 2 fully saturated rings. The first-order chi connectivity index (χ1) is 14.2. The van der Waals surface area contributed by atoms with Gasteiger partial charge in [0.25, 0.3) is 0 Å². The quantitative estimate of drug-likeness (QED) is 0.246. The monoisotopic (exact) mass is 460 g/mol. The van der Waals surface area contributed by atoms with Crippen LogP contribution in [-0.4, -0.2) is 65.0 Å². The minimum absolute atomic E-state index is 0.141. The second kappa shape index (κ2) is 9.86. The van der Waals surface area contributed by atoms with E-state index in [0.717, 1.165) is 12.2 Å². The van der Waals surface area contributed by atoms with E-state index in [-0.39, 0.29) is 41.8 Å². The maximum atomic E-state index is 11.7. The van der Waals surface area contributed by atoms with Crippen LogP contribution in [0.3, 0.4) is 0 Å². The Morgan fingerprint density at radius 2 is 2.07 bits per heavy atom. The molecule has 1 aliphatic heterocycles. The highest BCUT2D eigenvalue weighted by Gasteiger charge is 2.55. The second-order valence-electron chi connectivity index (χ2n) is 7.61. The number of nitrogens with zero attached hydrogens (tertiary/aromatic N) is 2. The molecule has 1 saturated carbocycles. The number of ether oxygens (including phenoxy) is 4. The smallest absolute Gasteiger partial charge is 0.332 e. The first-order valence-corrected chi connectivity index (χ1v) is 11.5. The summed E-state index contributed by atoms with van der Waals surface area (Å²) in [6.07, 6.45) is 0.562. The van der Waals surface area contributed by atoms with E-state index in [1.54, 1.807) is 6.92 Å². The SMILES string of the molecule is CCCSc1nc(Cl)c(N)c(NC2CC(OCC(=O)OCC)[C@H]3OC(C)(C)O[C@@H]23)n1. The van der Waals surface area contributed by atoms with Gasteiger partial charge >= 0.3 is 5.97 Å². The molecule has 3 N–H and O–H groups in total. The number of anilines is 2. The summed E-state index contributed by atoms with van der Waals surface area (Å²) < 4.78 is 22.9. The lowest BCUT2D eigenvalue weighted by Crippen LogP contribution is -2.35. The first kappa shape index (κ1) is 23.3. The average molecular weight is 461 g/mol. The lowest BCUT2D eigenvalue weighted by atomic mass is 10.2. The van der Waals surface area contributed by atoms with Crippen molar-refractivity contribution in [2.24, 2.45) is 0 Å². The summed E-state index contributed by atoms with van der Waals surface area (Å²) in [6, 6.07) is -0.193. The maximum Gasteiger partial charge on any atom is 0.332 e. The third kappa shape index (κ3) is 5.47. The Balaban J connectivity index is 1.75. The number of nitrogens with one attached hydrogen (secondary N) is 1. The van der Waals surface area contributed by atoms with Gasteiger partial charge in [0, 0.05) is 5.75 Å². The number of carbonyl (C=O) groups is 1. The molecule has 3 rings (SSSR count). The number of halogens is 1. The van der Waals surface area contributed by atoms with Gasteiger partial charge in [0.1, 0.15) is 24.5 Å². The van der Waals surface area contributed by atoms with Gasteiger partial charge < -0.3 is 30.0 Å². The number of nitrogen functional groups attached to an aromatic ring is 1. The molecule has 2 unspecified atom stereocenters. The van der Waals surface area contributed by atoms with E-state index in [4.69, 9.17) is 36.3 Å². The number of carbonyl (C=O) groups excluding carboxylic acids is 1. The predicted octanol–water partition coefficient (Wildman–Crippen LogP) is 2.87. The largest absolute Gasteiger partial charge is 0.464 e. The van der Waals surface area contributed by atoms with E-state index < -0.39 is 11.8 Å². The number of nitrogens with two attached hydrogens (primary N) is 1. The Morgan fingerprint density at radius 1 is 1.33 bits per heavy atom. The van der Waals surface area contributed by atoms with E-state index in [1.165, 1.54) is 11.8 Å². The first-order valence-electron chi connectivity index (χ1n) is 10.1. The van der Waals surface area contributed by atoms with Crippen LogP contribution in [0.5, 0.6) is 0 Å². The molecule has 168 valence electrons. The lowest BCUT2D eigenvalue weighted by Gasteiger charge is -2.24. The summed E-state index contributed by atoms with van der Waals surface area (Å²) in [7, 11) is 0. The molecule has 1 saturated heterocycles. The van der Waals surface area contributed by atoms with Gasteiger partial charge in [0.2, 0.25) is 0 Å². The van der Waals surface area contributed by atoms with E-state index in [0.29, 0.717) is 24.0 Å².